The molecule has 0 aromatic carbocycles. The first-order valence-electron chi connectivity index (χ1n) is 7.67. The molecule has 2 aliphatic rings. The molecule has 2 rings (SSSR count). The minimum Gasteiger partial charge on any atom is -0.369 e. The fourth-order valence-corrected chi connectivity index (χ4v) is 4.20. The Morgan fingerprint density at radius 1 is 1.06 bits per heavy atom. The number of rotatable bonds is 2. The molecule has 18 heavy (non-hydrogen) atoms. The summed E-state index contributed by atoms with van der Waals surface area (Å²) in [6.45, 7) is 11.2. The van der Waals surface area contributed by atoms with Crippen LogP contribution in [0.5, 0.6) is 0 Å². The zero-order chi connectivity index (χ0) is 13.6. The van der Waals surface area contributed by atoms with Crippen molar-refractivity contribution in [2.75, 3.05) is 0 Å². The molecule has 1 heterocycles. The topological polar surface area (TPSA) is 35.2 Å². The molecule has 0 aromatic heterocycles. The molecule has 1 saturated carbocycles. The lowest BCUT2D eigenvalue weighted by Crippen LogP contribution is -2.46. The normalized spacial score (nSPS) is 40.7. The molecule has 0 amide bonds. The fraction of sp³-hybridized carbons (Fsp3) is 1.00. The summed E-state index contributed by atoms with van der Waals surface area (Å²) in [6.07, 6.45) is 6.45. The van der Waals surface area contributed by atoms with Gasteiger partial charge in [-0.2, -0.15) is 0 Å². The average molecular weight is 253 g/mol. The number of hydrogen-bond acceptors (Lipinski definition) is 2. The number of hydrogen-bond donors (Lipinski definition) is 1. The molecule has 2 unspecified atom stereocenters. The first kappa shape index (κ1) is 14.3. The van der Waals surface area contributed by atoms with Gasteiger partial charge in [0.2, 0.25) is 0 Å². The van der Waals surface area contributed by atoms with Crippen molar-refractivity contribution in [1.29, 1.82) is 0 Å². The molecule has 2 heteroatoms. The molecule has 106 valence electrons. The summed E-state index contributed by atoms with van der Waals surface area (Å²) in [7, 11) is 0. The van der Waals surface area contributed by atoms with Crippen LogP contribution in [0.25, 0.3) is 0 Å². The Hall–Kier alpha value is -0.0800. The average Bonchev–Trinajstić information content (AvgIpc) is 2.47. The molecule has 1 aliphatic carbocycles. The van der Waals surface area contributed by atoms with E-state index in [1.165, 1.54) is 25.7 Å². The Morgan fingerprint density at radius 2 is 1.61 bits per heavy atom. The summed E-state index contributed by atoms with van der Waals surface area (Å²) >= 11 is 0. The van der Waals surface area contributed by atoms with E-state index in [0.717, 1.165) is 12.3 Å². The lowest BCUT2D eigenvalue weighted by molar-refractivity contribution is -0.0787. The number of nitrogens with two attached hydrogens (primary N) is 1. The van der Waals surface area contributed by atoms with Crippen molar-refractivity contribution in [3.63, 3.8) is 0 Å². The Morgan fingerprint density at radius 3 is 2.06 bits per heavy atom. The van der Waals surface area contributed by atoms with Crippen LogP contribution in [0.1, 0.15) is 66.7 Å². The quantitative estimate of drug-likeness (QED) is 0.814. The summed E-state index contributed by atoms with van der Waals surface area (Å²) < 4.78 is 6.20. The Bertz CT molecular complexity index is 289. The summed E-state index contributed by atoms with van der Waals surface area (Å²) in [6, 6.07) is 0.314. The van der Waals surface area contributed by atoms with E-state index in [0.29, 0.717) is 17.9 Å². The molecular weight excluding hydrogens is 222 g/mol. The molecule has 0 aromatic rings. The minimum absolute atomic E-state index is 0.00621. The van der Waals surface area contributed by atoms with E-state index in [9.17, 15) is 0 Å². The van der Waals surface area contributed by atoms with Crippen LogP contribution >= 0.6 is 0 Å². The van der Waals surface area contributed by atoms with Gasteiger partial charge >= 0.3 is 0 Å². The highest BCUT2D eigenvalue weighted by Gasteiger charge is 2.49. The van der Waals surface area contributed by atoms with Crippen molar-refractivity contribution in [3.8, 4) is 0 Å². The van der Waals surface area contributed by atoms with Crippen molar-refractivity contribution < 1.29 is 4.74 Å². The maximum Gasteiger partial charge on any atom is 0.0677 e. The Kier molecular flexibility index (Phi) is 3.81. The summed E-state index contributed by atoms with van der Waals surface area (Å²) in [4.78, 5) is 0. The molecular formula is C16H31NO. The van der Waals surface area contributed by atoms with Crippen LogP contribution in [0, 0.1) is 17.8 Å². The predicted octanol–water partition coefficient (Wildman–Crippen LogP) is 3.73. The summed E-state index contributed by atoms with van der Waals surface area (Å²) in [5.41, 5.74) is 6.55. The lowest BCUT2D eigenvalue weighted by atomic mass is 9.71. The predicted molar refractivity (Wildman–Crippen MR) is 76.4 cm³/mol. The van der Waals surface area contributed by atoms with E-state index in [1.807, 2.05) is 0 Å². The molecule has 2 N–H and O–H groups in total. The highest BCUT2D eigenvalue weighted by molar-refractivity contribution is 5.00. The van der Waals surface area contributed by atoms with Crippen molar-refractivity contribution in [2.45, 2.75) is 84.0 Å². The van der Waals surface area contributed by atoms with Crippen molar-refractivity contribution >= 4 is 0 Å². The maximum absolute atomic E-state index is 6.62. The van der Waals surface area contributed by atoms with Gasteiger partial charge in [-0.15, -0.1) is 0 Å². The number of ether oxygens (including phenoxy) is 1. The van der Waals surface area contributed by atoms with Gasteiger partial charge in [-0.25, -0.2) is 0 Å². The van der Waals surface area contributed by atoms with Gasteiger partial charge in [0, 0.05) is 12.0 Å². The maximum atomic E-state index is 6.62. The second kappa shape index (κ2) is 4.79. The third-order valence-electron chi connectivity index (χ3n) is 5.21. The Labute approximate surface area is 113 Å². The van der Waals surface area contributed by atoms with E-state index < -0.39 is 0 Å². The zero-order valence-corrected chi connectivity index (χ0v) is 12.8. The van der Waals surface area contributed by atoms with Gasteiger partial charge in [-0.05, 0) is 58.8 Å². The largest absolute Gasteiger partial charge is 0.369 e. The SMILES string of the molecule is CC1CCC(C(N)C2CC(C)(C)OC2(C)C)CC1. The van der Waals surface area contributed by atoms with Gasteiger partial charge in [0.25, 0.3) is 0 Å². The van der Waals surface area contributed by atoms with Crippen LogP contribution in [0.2, 0.25) is 0 Å². The van der Waals surface area contributed by atoms with Crippen molar-refractivity contribution in [1.82, 2.24) is 0 Å². The van der Waals surface area contributed by atoms with Gasteiger partial charge in [0.1, 0.15) is 0 Å². The zero-order valence-electron chi connectivity index (χ0n) is 12.8. The third kappa shape index (κ3) is 2.91. The molecule has 2 atom stereocenters. The molecule has 0 radical (unpaired) electrons. The molecule has 0 bridgehead atoms. The van der Waals surface area contributed by atoms with E-state index in [2.05, 4.69) is 34.6 Å². The van der Waals surface area contributed by atoms with Gasteiger partial charge in [0.15, 0.2) is 0 Å². The first-order valence-corrected chi connectivity index (χ1v) is 7.67. The van der Waals surface area contributed by atoms with Crippen LogP contribution < -0.4 is 5.73 Å². The Balaban J connectivity index is 2.02. The highest BCUT2D eigenvalue weighted by Crippen LogP contribution is 2.46. The smallest absolute Gasteiger partial charge is 0.0677 e. The van der Waals surface area contributed by atoms with Crippen LogP contribution in [0.3, 0.4) is 0 Å². The van der Waals surface area contributed by atoms with Crippen LogP contribution in [-0.2, 0) is 4.74 Å². The minimum atomic E-state index is -0.0635. The third-order valence-corrected chi connectivity index (χ3v) is 5.21. The van der Waals surface area contributed by atoms with Crippen molar-refractivity contribution in [3.05, 3.63) is 0 Å². The monoisotopic (exact) mass is 253 g/mol. The highest BCUT2D eigenvalue weighted by atomic mass is 16.5. The standard InChI is InChI=1S/C16H31NO/c1-11-6-8-12(9-7-11)14(17)13-10-15(2,3)18-16(13,4)5/h11-14H,6-10,17H2,1-5H3. The second-order valence-corrected chi connectivity index (χ2v) is 7.87. The van der Waals surface area contributed by atoms with Crippen LogP contribution in [0.4, 0.5) is 0 Å². The molecule has 2 fully saturated rings. The van der Waals surface area contributed by atoms with Crippen molar-refractivity contribution in [2.24, 2.45) is 23.5 Å². The summed E-state index contributed by atoms with van der Waals surface area (Å²) in [5.74, 6) is 2.12. The molecule has 1 saturated heterocycles. The van der Waals surface area contributed by atoms with Gasteiger partial charge in [-0.3, -0.25) is 0 Å². The van der Waals surface area contributed by atoms with Crippen LogP contribution in [-0.4, -0.2) is 17.2 Å². The van der Waals surface area contributed by atoms with E-state index in [1.54, 1.807) is 0 Å². The molecule has 2 nitrogen and oxygen atoms in total. The molecule has 0 spiro atoms. The van der Waals surface area contributed by atoms with E-state index in [4.69, 9.17) is 10.5 Å². The lowest BCUT2D eigenvalue weighted by Gasteiger charge is -2.38. The first-order chi connectivity index (χ1) is 8.21. The van der Waals surface area contributed by atoms with Gasteiger partial charge < -0.3 is 10.5 Å². The van der Waals surface area contributed by atoms with Gasteiger partial charge in [-0.1, -0.05) is 19.8 Å². The van der Waals surface area contributed by atoms with E-state index >= 15 is 0 Å². The second-order valence-electron chi connectivity index (χ2n) is 7.87. The fourth-order valence-electron chi connectivity index (χ4n) is 4.20. The van der Waals surface area contributed by atoms with E-state index in [-0.39, 0.29) is 11.2 Å². The van der Waals surface area contributed by atoms with Gasteiger partial charge in [0.05, 0.1) is 11.2 Å². The summed E-state index contributed by atoms with van der Waals surface area (Å²) in [5, 5.41) is 0. The molecule has 1 aliphatic heterocycles. The van der Waals surface area contributed by atoms with Crippen LogP contribution in [0.15, 0.2) is 0 Å².